The van der Waals surface area contributed by atoms with Gasteiger partial charge in [0.05, 0.1) is 24.6 Å². The van der Waals surface area contributed by atoms with Gasteiger partial charge in [0.15, 0.2) is 0 Å². The summed E-state index contributed by atoms with van der Waals surface area (Å²) in [5.74, 6) is -1.43. The standard InChI is InChI=1S/C24H26F3N3O4/c1-2-34-23(33)17-7-5-11-30(14-17)15-21(31)28-19-9-3-6-16(12-19)22(32)29-20-10-4-8-18(13-20)24(25,26)27/h3-4,6,8-10,12-13,17H,2,5,7,11,14-15H2,1H3,(H,28,31)(H,29,32)/t17-/m0/s1. The van der Waals surface area contributed by atoms with Crippen LogP contribution < -0.4 is 10.6 Å². The van der Waals surface area contributed by atoms with E-state index in [-0.39, 0.29) is 35.6 Å². The van der Waals surface area contributed by atoms with Crippen LogP contribution in [0.1, 0.15) is 35.7 Å². The first-order chi connectivity index (χ1) is 16.2. The number of amides is 2. The van der Waals surface area contributed by atoms with E-state index < -0.39 is 17.6 Å². The number of rotatable bonds is 7. The zero-order valence-corrected chi connectivity index (χ0v) is 18.7. The smallest absolute Gasteiger partial charge is 0.416 e. The predicted octanol–water partition coefficient (Wildman–Crippen LogP) is 4.17. The van der Waals surface area contributed by atoms with Gasteiger partial charge in [-0.2, -0.15) is 13.2 Å². The molecule has 0 saturated carbocycles. The topological polar surface area (TPSA) is 87.7 Å². The van der Waals surface area contributed by atoms with Crippen LogP contribution in [-0.4, -0.2) is 48.9 Å². The number of piperidine rings is 1. The lowest BCUT2D eigenvalue weighted by Crippen LogP contribution is -2.43. The molecule has 1 aliphatic rings. The van der Waals surface area contributed by atoms with Crippen molar-refractivity contribution in [3.63, 3.8) is 0 Å². The van der Waals surface area contributed by atoms with Gasteiger partial charge in [-0.15, -0.1) is 0 Å². The Bertz CT molecular complexity index is 1040. The van der Waals surface area contributed by atoms with Gasteiger partial charge in [-0.05, 0) is 62.7 Å². The number of ether oxygens (including phenoxy) is 1. The fourth-order valence-corrected chi connectivity index (χ4v) is 3.77. The second-order valence-corrected chi connectivity index (χ2v) is 7.99. The largest absolute Gasteiger partial charge is 0.466 e. The van der Waals surface area contributed by atoms with E-state index >= 15 is 0 Å². The van der Waals surface area contributed by atoms with Gasteiger partial charge in [0, 0.05) is 23.5 Å². The summed E-state index contributed by atoms with van der Waals surface area (Å²) in [5, 5.41) is 5.16. The molecule has 0 spiro atoms. The Morgan fingerprint density at radius 1 is 1.06 bits per heavy atom. The van der Waals surface area contributed by atoms with E-state index in [0.29, 0.717) is 25.4 Å². The van der Waals surface area contributed by atoms with Gasteiger partial charge < -0.3 is 15.4 Å². The lowest BCUT2D eigenvalue weighted by atomic mass is 9.98. The molecule has 3 rings (SSSR count). The van der Waals surface area contributed by atoms with Crippen molar-refractivity contribution in [3.8, 4) is 0 Å². The van der Waals surface area contributed by atoms with E-state index in [0.717, 1.165) is 25.0 Å². The van der Waals surface area contributed by atoms with Crippen molar-refractivity contribution < 1.29 is 32.3 Å². The van der Waals surface area contributed by atoms with Crippen molar-refractivity contribution in [2.75, 3.05) is 36.9 Å². The summed E-state index contributed by atoms with van der Waals surface area (Å²) in [6.07, 6.45) is -3.02. The summed E-state index contributed by atoms with van der Waals surface area (Å²) >= 11 is 0. The number of hydrogen-bond acceptors (Lipinski definition) is 5. The molecule has 2 N–H and O–H groups in total. The van der Waals surface area contributed by atoms with Gasteiger partial charge in [0.2, 0.25) is 5.91 Å². The third-order valence-corrected chi connectivity index (χ3v) is 5.35. The van der Waals surface area contributed by atoms with E-state index in [1.807, 2.05) is 4.90 Å². The highest BCUT2D eigenvalue weighted by molar-refractivity contribution is 6.05. The van der Waals surface area contributed by atoms with E-state index in [2.05, 4.69) is 10.6 Å². The highest BCUT2D eigenvalue weighted by Gasteiger charge is 2.30. The summed E-state index contributed by atoms with van der Waals surface area (Å²) in [5.41, 5.74) is -0.305. The van der Waals surface area contributed by atoms with E-state index in [1.54, 1.807) is 19.1 Å². The minimum atomic E-state index is -4.52. The normalized spacial score (nSPS) is 16.5. The summed E-state index contributed by atoms with van der Waals surface area (Å²) in [4.78, 5) is 38.9. The minimum Gasteiger partial charge on any atom is -0.466 e. The van der Waals surface area contributed by atoms with Gasteiger partial charge in [-0.25, -0.2) is 0 Å². The molecule has 2 aromatic rings. The summed E-state index contributed by atoms with van der Waals surface area (Å²) < 4.78 is 43.7. The van der Waals surface area contributed by atoms with Crippen molar-refractivity contribution in [1.29, 1.82) is 0 Å². The Kier molecular flexibility index (Phi) is 8.27. The SMILES string of the molecule is CCOC(=O)[C@H]1CCCN(CC(=O)Nc2cccc(C(=O)Nc3cccc(C(F)(F)F)c3)c2)C1. The fraction of sp³-hybridized carbons (Fsp3) is 0.375. The minimum absolute atomic E-state index is 0.00974. The molecule has 182 valence electrons. The van der Waals surface area contributed by atoms with Crippen LogP contribution in [0.15, 0.2) is 48.5 Å². The zero-order chi connectivity index (χ0) is 24.7. The molecule has 1 aliphatic heterocycles. The summed E-state index contributed by atoms with van der Waals surface area (Å²) in [6.45, 7) is 3.26. The monoisotopic (exact) mass is 477 g/mol. The second-order valence-electron chi connectivity index (χ2n) is 7.99. The van der Waals surface area contributed by atoms with Crippen LogP contribution >= 0.6 is 0 Å². The highest BCUT2D eigenvalue weighted by Crippen LogP contribution is 2.30. The molecule has 0 unspecified atom stereocenters. The molecule has 34 heavy (non-hydrogen) atoms. The molecular weight excluding hydrogens is 451 g/mol. The predicted molar refractivity (Wildman–Crippen MR) is 120 cm³/mol. The molecule has 0 aliphatic carbocycles. The molecule has 2 amide bonds. The number of halogens is 3. The van der Waals surface area contributed by atoms with Gasteiger partial charge in [-0.3, -0.25) is 19.3 Å². The fourth-order valence-electron chi connectivity index (χ4n) is 3.77. The molecular formula is C24H26F3N3O4. The zero-order valence-electron chi connectivity index (χ0n) is 18.7. The number of alkyl halides is 3. The number of esters is 1. The lowest BCUT2D eigenvalue weighted by Gasteiger charge is -2.30. The number of nitrogens with one attached hydrogen (secondary N) is 2. The first kappa shape index (κ1) is 25.2. The Labute approximate surface area is 195 Å². The van der Waals surface area contributed by atoms with Crippen LogP contribution in [0.2, 0.25) is 0 Å². The average Bonchev–Trinajstić information content (AvgIpc) is 2.79. The molecule has 7 nitrogen and oxygen atoms in total. The van der Waals surface area contributed by atoms with Crippen LogP contribution in [0.25, 0.3) is 0 Å². The first-order valence-corrected chi connectivity index (χ1v) is 10.9. The molecule has 1 saturated heterocycles. The third-order valence-electron chi connectivity index (χ3n) is 5.35. The Morgan fingerprint density at radius 3 is 2.47 bits per heavy atom. The Morgan fingerprint density at radius 2 is 1.76 bits per heavy atom. The van der Waals surface area contributed by atoms with Crippen molar-refractivity contribution in [3.05, 3.63) is 59.7 Å². The number of nitrogens with zero attached hydrogens (tertiary/aromatic N) is 1. The second kappa shape index (κ2) is 11.1. The maximum Gasteiger partial charge on any atom is 0.416 e. The maximum atomic E-state index is 12.9. The molecule has 0 bridgehead atoms. The van der Waals surface area contributed by atoms with Gasteiger partial charge in [0.1, 0.15) is 0 Å². The maximum absolute atomic E-state index is 12.9. The van der Waals surface area contributed by atoms with E-state index in [1.165, 1.54) is 24.3 Å². The Hall–Kier alpha value is -3.40. The number of benzene rings is 2. The van der Waals surface area contributed by atoms with E-state index in [4.69, 9.17) is 4.74 Å². The summed E-state index contributed by atoms with van der Waals surface area (Å²) in [6, 6.07) is 10.5. The van der Waals surface area contributed by atoms with Crippen LogP contribution in [0.3, 0.4) is 0 Å². The van der Waals surface area contributed by atoms with Crippen molar-refractivity contribution in [1.82, 2.24) is 4.90 Å². The van der Waals surface area contributed by atoms with E-state index in [9.17, 15) is 27.6 Å². The van der Waals surface area contributed by atoms with Crippen LogP contribution in [0, 0.1) is 5.92 Å². The molecule has 0 radical (unpaired) electrons. The Balaban J connectivity index is 1.58. The van der Waals surface area contributed by atoms with Gasteiger partial charge >= 0.3 is 12.1 Å². The molecule has 0 aromatic heterocycles. The third kappa shape index (κ3) is 7.05. The van der Waals surface area contributed by atoms with Gasteiger partial charge in [0.25, 0.3) is 5.91 Å². The quantitative estimate of drug-likeness (QED) is 0.585. The van der Waals surface area contributed by atoms with Crippen molar-refractivity contribution in [2.45, 2.75) is 25.9 Å². The van der Waals surface area contributed by atoms with Crippen LogP contribution in [-0.2, 0) is 20.5 Å². The molecule has 10 heteroatoms. The summed E-state index contributed by atoms with van der Waals surface area (Å²) in [7, 11) is 0. The van der Waals surface area contributed by atoms with Crippen LogP contribution in [0.5, 0.6) is 0 Å². The first-order valence-electron chi connectivity index (χ1n) is 10.9. The number of carbonyl (C=O) groups is 3. The molecule has 2 aromatic carbocycles. The number of hydrogen-bond donors (Lipinski definition) is 2. The molecule has 1 atom stereocenters. The van der Waals surface area contributed by atoms with Gasteiger partial charge in [-0.1, -0.05) is 12.1 Å². The molecule has 1 fully saturated rings. The lowest BCUT2D eigenvalue weighted by molar-refractivity contribution is -0.150. The number of likely N-dealkylation sites (tertiary alicyclic amines) is 1. The average molecular weight is 477 g/mol. The number of carbonyl (C=O) groups excluding carboxylic acids is 3. The number of anilines is 2. The highest BCUT2D eigenvalue weighted by atomic mass is 19.4. The van der Waals surface area contributed by atoms with Crippen LogP contribution in [0.4, 0.5) is 24.5 Å². The molecule has 1 heterocycles. The van der Waals surface area contributed by atoms with Crippen molar-refractivity contribution >= 4 is 29.2 Å². The van der Waals surface area contributed by atoms with Crippen molar-refractivity contribution in [2.24, 2.45) is 5.92 Å².